The van der Waals surface area contributed by atoms with Gasteiger partial charge < -0.3 is 4.90 Å². The van der Waals surface area contributed by atoms with E-state index >= 15 is 0 Å². The van der Waals surface area contributed by atoms with Crippen LogP contribution in [0, 0.1) is 0 Å². The van der Waals surface area contributed by atoms with Crippen LogP contribution in [0.4, 0.5) is 19.0 Å². The summed E-state index contributed by atoms with van der Waals surface area (Å²) in [5.41, 5.74) is 1.11. The number of piperazine rings is 1. The van der Waals surface area contributed by atoms with E-state index < -0.39 is 12.0 Å². The summed E-state index contributed by atoms with van der Waals surface area (Å²) in [6, 6.07) is 5.10. The van der Waals surface area contributed by atoms with Gasteiger partial charge in [-0.05, 0) is 18.2 Å². The molecule has 0 radical (unpaired) electrons. The minimum atomic E-state index is -4.59. The summed E-state index contributed by atoms with van der Waals surface area (Å²) in [7, 11) is 0. The van der Waals surface area contributed by atoms with Crippen LogP contribution in [0.15, 0.2) is 24.4 Å². The molecule has 0 bridgehead atoms. The largest absolute Gasteiger partial charge is 0.453 e. The highest BCUT2D eigenvalue weighted by molar-refractivity contribution is 5.46. The Labute approximate surface area is 140 Å². The van der Waals surface area contributed by atoms with E-state index in [4.69, 9.17) is 0 Å². The van der Waals surface area contributed by atoms with Crippen LogP contribution in [-0.4, -0.2) is 61.1 Å². The maximum Gasteiger partial charge on any atom is 0.453 e. The summed E-state index contributed by atoms with van der Waals surface area (Å²) in [5.74, 6) is -0.624. The molecule has 0 spiro atoms. The van der Waals surface area contributed by atoms with Gasteiger partial charge in [-0.15, -0.1) is 15.3 Å². The van der Waals surface area contributed by atoms with E-state index in [1.54, 1.807) is 12.3 Å². The first-order valence-electron chi connectivity index (χ1n) is 7.76. The van der Waals surface area contributed by atoms with Crippen LogP contribution < -0.4 is 4.90 Å². The minimum absolute atomic E-state index is 0.0777. The Morgan fingerprint density at radius 2 is 1.84 bits per heavy atom. The number of H-pyrrole nitrogens is 1. The molecule has 0 aromatic carbocycles. The number of nitrogens with one attached hydrogen (secondary N) is 1. The topological polar surface area (TPSA) is 78.2 Å². The Morgan fingerprint density at radius 1 is 1.04 bits per heavy atom. The van der Waals surface area contributed by atoms with Gasteiger partial charge in [0.1, 0.15) is 5.82 Å². The molecule has 0 saturated carbocycles. The van der Waals surface area contributed by atoms with E-state index in [1.807, 2.05) is 11.0 Å². The summed E-state index contributed by atoms with van der Waals surface area (Å²) in [6.45, 7) is 3.69. The minimum Gasteiger partial charge on any atom is -0.353 e. The van der Waals surface area contributed by atoms with Gasteiger partial charge >= 0.3 is 6.18 Å². The van der Waals surface area contributed by atoms with E-state index in [-0.39, 0.29) is 5.65 Å². The molecule has 132 valence electrons. The Morgan fingerprint density at radius 3 is 2.52 bits per heavy atom. The van der Waals surface area contributed by atoms with Crippen molar-refractivity contribution in [3.63, 3.8) is 0 Å². The van der Waals surface area contributed by atoms with Crippen LogP contribution in [-0.2, 0) is 12.7 Å². The van der Waals surface area contributed by atoms with Crippen LogP contribution in [0.2, 0.25) is 0 Å². The van der Waals surface area contributed by atoms with Crippen molar-refractivity contribution in [2.75, 3.05) is 31.1 Å². The Balaban J connectivity index is 1.49. The summed E-state index contributed by atoms with van der Waals surface area (Å²) in [6.07, 6.45) is -2.88. The van der Waals surface area contributed by atoms with Gasteiger partial charge in [-0.1, -0.05) is 0 Å². The number of nitrogens with zero attached hydrogens (tertiary/aromatic N) is 7. The maximum absolute atomic E-state index is 13.0. The van der Waals surface area contributed by atoms with Crippen LogP contribution in [0.3, 0.4) is 0 Å². The zero-order chi connectivity index (χ0) is 17.4. The number of hydrogen-bond acceptors (Lipinski definition) is 6. The average Bonchev–Trinajstić information content (AvgIpc) is 3.23. The van der Waals surface area contributed by atoms with Crippen molar-refractivity contribution in [1.82, 2.24) is 34.9 Å². The van der Waals surface area contributed by atoms with E-state index in [0.717, 1.165) is 29.8 Å². The molecule has 1 fully saturated rings. The van der Waals surface area contributed by atoms with Gasteiger partial charge in [-0.2, -0.15) is 22.8 Å². The molecular weight excluding hydrogens is 337 g/mol. The van der Waals surface area contributed by atoms with Crippen molar-refractivity contribution < 1.29 is 13.2 Å². The fraction of sp³-hybridized carbons (Fsp3) is 0.429. The smallest absolute Gasteiger partial charge is 0.353 e. The average molecular weight is 352 g/mol. The zero-order valence-corrected chi connectivity index (χ0v) is 13.1. The lowest BCUT2D eigenvalue weighted by Gasteiger charge is -2.35. The third-order valence-corrected chi connectivity index (χ3v) is 4.15. The first-order chi connectivity index (χ1) is 12.0. The summed E-state index contributed by atoms with van der Waals surface area (Å²) < 4.78 is 39.7. The zero-order valence-electron chi connectivity index (χ0n) is 13.1. The number of anilines is 1. The number of aromatic nitrogens is 6. The van der Waals surface area contributed by atoms with Crippen molar-refractivity contribution in [3.05, 3.63) is 35.9 Å². The molecule has 0 aliphatic carbocycles. The molecule has 8 nitrogen and oxygen atoms in total. The molecule has 25 heavy (non-hydrogen) atoms. The van der Waals surface area contributed by atoms with Crippen LogP contribution in [0.5, 0.6) is 0 Å². The van der Waals surface area contributed by atoms with Gasteiger partial charge in [0.15, 0.2) is 5.65 Å². The number of aromatic amines is 1. The quantitative estimate of drug-likeness (QED) is 0.763. The maximum atomic E-state index is 13.0. The second-order valence-corrected chi connectivity index (χ2v) is 5.83. The standard InChI is InChI=1S/C14H15F3N8/c15-14(16,17)13-21-20-11-1-2-12(22-25(11)13)24-7-5-23(6-8-24)9-10-3-4-18-19-10/h1-4H,5-9H2,(H,18,19). The molecule has 4 rings (SSSR count). The molecular formula is C14H15F3N8. The predicted molar refractivity (Wildman–Crippen MR) is 81.9 cm³/mol. The lowest BCUT2D eigenvalue weighted by atomic mass is 10.3. The van der Waals surface area contributed by atoms with Crippen molar-refractivity contribution in [2.24, 2.45) is 0 Å². The molecule has 1 N–H and O–H groups in total. The van der Waals surface area contributed by atoms with Crippen molar-refractivity contribution >= 4 is 11.5 Å². The first kappa shape index (κ1) is 15.8. The Hall–Kier alpha value is -2.69. The molecule has 0 amide bonds. The molecule has 3 aromatic heterocycles. The van der Waals surface area contributed by atoms with E-state index in [0.29, 0.717) is 18.9 Å². The highest BCUT2D eigenvalue weighted by Crippen LogP contribution is 2.28. The molecule has 1 saturated heterocycles. The SMILES string of the molecule is FC(F)(F)c1nnc2ccc(N3CCN(Cc4ccn[nH]4)CC3)nn12. The summed E-state index contributed by atoms with van der Waals surface area (Å²) in [5, 5.41) is 17.7. The van der Waals surface area contributed by atoms with E-state index in [9.17, 15) is 13.2 Å². The van der Waals surface area contributed by atoms with Gasteiger partial charge in [-0.3, -0.25) is 10.00 Å². The monoisotopic (exact) mass is 352 g/mol. The summed E-state index contributed by atoms with van der Waals surface area (Å²) >= 11 is 0. The fourth-order valence-electron chi connectivity index (χ4n) is 2.87. The molecule has 11 heteroatoms. The number of rotatable bonds is 3. The number of fused-ring (bicyclic) bond motifs is 1. The third kappa shape index (κ3) is 3.14. The Bertz CT molecular complexity index is 849. The van der Waals surface area contributed by atoms with Crippen LogP contribution in [0.25, 0.3) is 5.65 Å². The number of alkyl halides is 3. The number of hydrogen-bond donors (Lipinski definition) is 1. The van der Waals surface area contributed by atoms with Crippen LogP contribution in [0.1, 0.15) is 11.5 Å². The van der Waals surface area contributed by atoms with Gasteiger partial charge in [0.25, 0.3) is 5.82 Å². The molecule has 0 atom stereocenters. The lowest BCUT2D eigenvalue weighted by Crippen LogP contribution is -2.46. The molecule has 3 aromatic rings. The summed E-state index contributed by atoms with van der Waals surface area (Å²) in [4.78, 5) is 4.21. The van der Waals surface area contributed by atoms with E-state index in [2.05, 4.69) is 30.4 Å². The third-order valence-electron chi connectivity index (χ3n) is 4.15. The van der Waals surface area contributed by atoms with Gasteiger partial charge in [-0.25, -0.2) is 0 Å². The van der Waals surface area contributed by atoms with Crippen molar-refractivity contribution in [3.8, 4) is 0 Å². The van der Waals surface area contributed by atoms with Crippen LogP contribution >= 0.6 is 0 Å². The molecule has 0 unspecified atom stereocenters. The van der Waals surface area contributed by atoms with Gasteiger partial charge in [0.05, 0.1) is 0 Å². The second kappa shape index (κ2) is 5.99. The molecule has 1 aliphatic heterocycles. The Kier molecular flexibility index (Phi) is 3.79. The highest BCUT2D eigenvalue weighted by atomic mass is 19.4. The molecule has 4 heterocycles. The lowest BCUT2D eigenvalue weighted by molar-refractivity contribution is -0.146. The predicted octanol–water partition coefficient (Wildman–Crippen LogP) is 1.19. The van der Waals surface area contributed by atoms with Gasteiger partial charge in [0.2, 0.25) is 0 Å². The van der Waals surface area contributed by atoms with Crippen molar-refractivity contribution in [2.45, 2.75) is 12.7 Å². The highest BCUT2D eigenvalue weighted by Gasteiger charge is 2.37. The van der Waals surface area contributed by atoms with Crippen molar-refractivity contribution in [1.29, 1.82) is 0 Å². The normalized spacial score (nSPS) is 16.7. The first-order valence-corrected chi connectivity index (χ1v) is 7.76. The fourth-order valence-corrected chi connectivity index (χ4v) is 2.87. The number of halogens is 3. The van der Waals surface area contributed by atoms with E-state index in [1.165, 1.54) is 6.07 Å². The van der Waals surface area contributed by atoms with Gasteiger partial charge in [0, 0.05) is 44.6 Å². The molecule has 1 aliphatic rings. The second-order valence-electron chi connectivity index (χ2n) is 5.83.